The van der Waals surface area contributed by atoms with Gasteiger partial charge in [0.15, 0.2) is 5.96 Å². The summed E-state index contributed by atoms with van der Waals surface area (Å²) in [6.45, 7) is 10.3. The molecule has 182 valence electrons. The molecule has 0 aliphatic carbocycles. The van der Waals surface area contributed by atoms with Crippen LogP contribution in [0.2, 0.25) is 0 Å². The number of halogens is 1. The van der Waals surface area contributed by atoms with Gasteiger partial charge in [-0.25, -0.2) is 0 Å². The van der Waals surface area contributed by atoms with Crippen molar-refractivity contribution in [3.63, 3.8) is 0 Å². The van der Waals surface area contributed by atoms with Crippen LogP contribution >= 0.6 is 24.0 Å². The van der Waals surface area contributed by atoms with Crippen LogP contribution in [0.3, 0.4) is 0 Å². The van der Waals surface area contributed by atoms with E-state index in [0.717, 1.165) is 50.8 Å². The molecule has 0 bridgehead atoms. The van der Waals surface area contributed by atoms with Gasteiger partial charge in [0.1, 0.15) is 6.10 Å². The molecule has 0 radical (unpaired) electrons. The smallest absolute Gasteiger partial charge is 0.194 e. The molecule has 2 fully saturated rings. The summed E-state index contributed by atoms with van der Waals surface area (Å²) in [7, 11) is 3.77. The lowest BCUT2D eigenvalue weighted by Crippen LogP contribution is -2.47. The van der Waals surface area contributed by atoms with Gasteiger partial charge in [-0.15, -0.1) is 24.0 Å². The van der Waals surface area contributed by atoms with Crippen molar-refractivity contribution in [2.24, 2.45) is 12.0 Å². The summed E-state index contributed by atoms with van der Waals surface area (Å²) < 4.78 is 13.6. The Morgan fingerprint density at radius 2 is 1.82 bits per heavy atom. The van der Waals surface area contributed by atoms with Gasteiger partial charge in [-0.05, 0) is 25.0 Å². The molecule has 1 aromatic carbocycles. The summed E-state index contributed by atoms with van der Waals surface area (Å²) in [5.74, 6) is 0.905. The topological polar surface area (TPSA) is 67.2 Å². The number of nitrogens with one attached hydrogen (secondary N) is 1. The highest BCUT2D eigenvalue weighted by atomic mass is 127. The lowest BCUT2D eigenvalue weighted by atomic mass is 10.1. The van der Waals surface area contributed by atoms with Gasteiger partial charge in [-0.2, -0.15) is 5.10 Å². The van der Waals surface area contributed by atoms with E-state index in [0.29, 0.717) is 18.8 Å². The van der Waals surface area contributed by atoms with E-state index in [2.05, 4.69) is 63.3 Å². The summed E-state index contributed by atoms with van der Waals surface area (Å²) in [5.41, 5.74) is 3.69. The van der Waals surface area contributed by atoms with Gasteiger partial charge in [0.05, 0.1) is 31.6 Å². The minimum Gasteiger partial charge on any atom is -0.373 e. The molecular formula is C24H37IN6O2. The van der Waals surface area contributed by atoms with Crippen LogP contribution in [-0.4, -0.2) is 77.6 Å². The second kappa shape index (κ2) is 12.1. The maximum absolute atomic E-state index is 5.96. The van der Waals surface area contributed by atoms with E-state index in [-0.39, 0.29) is 30.1 Å². The molecule has 3 unspecified atom stereocenters. The van der Waals surface area contributed by atoms with Gasteiger partial charge in [-0.1, -0.05) is 24.3 Å². The van der Waals surface area contributed by atoms with Crippen LogP contribution in [0.1, 0.15) is 36.6 Å². The maximum atomic E-state index is 5.96. The van der Waals surface area contributed by atoms with E-state index in [1.54, 1.807) is 0 Å². The average Bonchev–Trinajstić information content (AvgIpc) is 3.21. The van der Waals surface area contributed by atoms with Gasteiger partial charge in [0.25, 0.3) is 0 Å². The number of hydrogen-bond donors (Lipinski definition) is 1. The predicted octanol–water partition coefficient (Wildman–Crippen LogP) is 2.80. The van der Waals surface area contributed by atoms with E-state index in [4.69, 9.17) is 9.47 Å². The Balaban J connectivity index is 0.00000306. The first kappa shape index (κ1) is 25.9. The highest BCUT2D eigenvalue weighted by Crippen LogP contribution is 2.21. The molecule has 4 rings (SSSR count). The van der Waals surface area contributed by atoms with Crippen LogP contribution in [0.4, 0.5) is 0 Å². The van der Waals surface area contributed by atoms with Crippen LogP contribution in [0.25, 0.3) is 0 Å². The fraction of sp³-hybridized carbons (Fsp3) is 0.583. The number of aryl methyl sites for hydroxylation is 1. The number of guanidine groups is 1. The fourth-order valence-electron chi connectivity index (χ4n) is 4.60. The third-order valence-electron chi connectivity index (χ3n) is 6.05. The van der Waals surface area contributed by atoms with Crippen molar-refractivity contribution in [2.45, 2.75) is 45.2 Å². The molecule has 0 spiro atoms. The van der Waals surface area contributed by atoms with E-state index >= 15 is 0 Å². The first-order valence-corrected chi connectivity index (χ1v) is 11.5. The van der Waals surface area contributed by atoms with Crippen LogP contribution in [0, 0.1) is 0 Å². The van der Waals surface area contributed by atoms with Gasteiger partial charge < -0.3 is 19.7 Å². The summed E-state index contributed by atoms with van der Waals surface area (Å²) in [5, 5.41) is 7.79. The minimum absolute atomic E-state index is 0. The molecule has 0 amide bonds. The molecule has 1 N–H and O–H groups in total. The highest BCUT2D eigenvalue weighted by Gasteiger charge is 2.25. The maximum Gasteiger partial charge on any atom is 0.194 e. The zero-order chi connectivity index (χ0) is 22.5. The Hall–Kier alpha value is -1.69. The zero-order valence-corrected chi connectivity index (χ0v) is 22.4. The summed E-state index contributed by atoms with van der Waals surface area (Å²) in [6, 6.07) is 8.89. The second-order valence-electron chi connectivity index (χ2n) is 8.92. The standard InChI is InChI=1S/C24H36N6O2.HI/c1-18-13-29(14-19(2)32-18)15-21-7-5-20(6-8-21)11-26-24(25-3)30-9-10-31-23(17-30)22-12-27-28(4)16-22;/h5-8,12,16,18-19,23H,9-11,13-15,17H2,1-4H3,(H,25,26);1H. The van der Waals surface area contributed by atoms with Gasteiger partial charge in [0.2, 0.25) is 0 Å². The Morgan fingerprint density at radius 1 is 1.12 bits per heavy atom. The Kier molecular flexibility index (Phi) is 9.54. The van der Waals surface area contributed by atoms with E-state index in [9.17, 15) is 0 Å². The van der Waals surface area contributed by atoms with Crippen molar-refractivity contribution in [2.75, 3.05) is 39.8 Å². The predicted molar refractivity (Wildman–Crippen MR) is 141 cm³/mol. The molecule has 0 saturated carbocycles. The lowest BCUT2D eigenvalue weighted by Gasteiger charge is -2.35. The third-order valence-corrected chi connectivity index (χ3v) is 6.05. The van der Waals surface area contributed by atoms with Crippen molar-refractivity contribution in [3.05, 3.63) is 53.3 Å². The Labute approximate surface area is 214 Å². The first-order valence-electron chi connectivity index (χ1n) is 11.5. The number of ether oxygens (including phenoxy) is 2. The van der Waals surface area contributed by atoms with Crippen molar-refractivity contribution >= 4 is 29.9 Å². The van der Waals surface area contributed by atoms with Crippen LogP contribution in [0.5, 0.6) is 0 Å². The molecular weight excluding hydrogens is 531 g/mol. The Morgan fingerprint density at radius 3 is 2.45 bits per heavy atom. The quantitative estimate of drug-likeness (QED) is 0.340. The molecule has 8 nitrogen and oxygen atoms in total. The fourth-order valence-corrected chi connectivity index (χ4v) is 4.60. The van der Waals surface area contributed by atoms with E-state index in [1.807, 2.05) is 31.2 Å². The van der Waals surface area contributed by atoms with Crippen molar-refractivity contribution in [1.82, 2.24) is 24.9 Å². The van der Waals surface area contributed by atoms with Crippen LogP contribution in [-0.2, 0) is 29.6 Å². The van der Waals surface area contributed by atoms with Crippen molar-refractivity contribution in [3.8, 4) is 0 Å². The number of benzene rings is 1. The largest absolute Gasteiger partial charge is 0.373 e. The monoisotopic (exact) mass is 568 g/mol. The normalized spacial score (nSPS) is 24.4. The number of aliphatic imine (C=N–C) groups is 1. The Bertz CT molecular complexity index is 893. The molecule has 1 aromatic heterocycles. The van der Waals surface area contributed by atoms with Gasteiger partial charge in [-0.3, -0.25) is 14.6 Å². The number of morpholine rings is 2. The van der Waals surface area contributed by atoms with Gasteiger partial charge in [0, 0.05) is 58.6 Å². The number of hydrogen-bond acceptors (Lipinski definition) is 5. The molecule has 2 saturated heterocycles. The lowest BCUT2D eigenvalue weighted by molar-refractivity contribution is -0.0704. The van der Waals surface area contributed by atoms with E-state index in [1.165, 1.54) is 11.1 Å². The van der Waals surface area contributed by atoms with Gasteiger partial charge >= 0.3 is 0 Å². The zero-order valence-electron chi connectivity index (χ0n) is 20.1. The average molecular weight is 569 g/mol. The molecule has 2 aromatic rings. The number of rotatable bonds is 5. The van der Waals surface area contributed by atoms with Crippen molar-refractivity contribution < 1.29 is 9.47 Å². The van der Waals surface area contributed by atoms with E-state index < -0.39 is 0 Å². The first-order chi connectivity index (χ1) is 15.5. The van der Waals surface area contributed by atoms with Crippen LogP contribution in [0.15, 0.2) is 41.7 Å². The molecule has 3 heterocycles. The highest BCUT2D eigenvalue weighted by molar-refractivity contribution is 14.0. The number of aromatic nitrogens is 2. The van der Waals surface area contributed by atoms with Crippen molar-refractivity contribution in [1.29, 1.82) is 0 Å². The second-order valence-corrected chi connectivity index (χ2v) is 8.92. The molecule has 9 heteroatoms. The molecule has 2 aliphatic heterocycles. The third kappa shape index (κ3) is 7.14. The minimum atomic E-state index is 0. The SMILES string of the molecule is CN=C(NCc1ccc(CN2CC(C)OC(C)C2)cc1)N1CCOC(c2cnn(C)c2)C1.I. The number of nitrogens with zero attached hydrogens (tertiary/aromatic N) is 5. The summed E-state index contributed by atoms with van der Waals surface area (Å²) in [4.78, 5) is 9.24. The molecule has 3 atom stereocenters. The van der Waals surface area contributed by atoms with Crippen LogP contribution < -0.4 is 5.32 Å². The molecule has 33 heavy (non-hydrogen) atoms. The summed E-state index contributed by atoms with van der Waals surface area (Å²) >= 11 is 0. The molecule has 2 aliphatic rings. The summed E-state index contributed by atoms with van der Waals surface area (Å²) in [6.07, 6.45) is 4.51.